The Morgan fingerprint density at radius 2 is 1.19 bits per heavy atom. The molecule has 2 nitrogen and oxygen atoms in total. The smallest absolute Gasteiger partial charge is 0.121 e. The summed E-state index contributed by atoms with van der Waals surface area (Å²) in [6.07, 6.45) is 5.03. The number of rotatable bonds is 6. The van der Waals surface area contributed by atoms with Gasteiger partial charge in [0.2, 0.25) is 0 Å². The van der Waals surface area contributed by atoms with Crippen molar-refractivity contribution in [3.05, 3.63) is 148 Å². The predicted molar refractivity (Wildman–Crippen MR) is 131 cm³/mol. The molecule has 0 unspecified atom stereocenters. The molecule has 0 aliphatic rings. The van der Waals surface area contributed by atoms with Gasteiger partial charge in [-0.25, -0.2) is 4.98 Å². The van der Waals surface area contributed by atoms with Crippen molar-refractivity contribution in [3.63, 3.8) is 0 Å². The topological polar surface area (TPSA) is 17.8 Å². The van der Waals surface area contributed by atoms with E-state index in [-0.39, 0.29) is 29.6 Å². The van der Waals surface area contributed by atoms with Crippen LogP contribution in [0.15, 0.2) is 121 Å². The number of benzene rings is 3. The summed E-state index contributed by atoms with van der Waals surface area (Å²) in [6, 6.07) is 36.4. The minimum absolute atomic E-state index is 0. The molecule has 2 aromatic heterocycles. The van der Waals surface area contributed by atoms with Crippen molar-refractivity contribution in [3.8, 4) is 0 Å². The zero-order chi connectivity index (χ0) is 20.2. The van der Waals surface area contributed by atoms with Gasteiger partial charge in [-0.3, -0.25) is 0 Å². The van der Waals surface area contributed by atoms with Crippen LogP contribution in [-0.2, 0) is 12.0 Å². The number of thiophene rings is 1. The van der Waals surface area contributed by atoms with Crippen molar-refractivity contribution >= 4 is 40.9 Å². The molecule has 5 rings (SSSR count). The zero-order valence-corrected chi connectivity index (χ0v) is 17.4. The summed E-state index contributed by atoms with van der Waals surface area (Å²) in [5, 5.41) is 2.12. The SMILES string of the molecule is [NaH].c1ccc(C(c2ccccc2)(c2ccccc2)n2cnc(Cc3cccs3)c2)cc1. The van der Waals surface area contributed by atoms with Crippen LogP contribution in [0.1, 0.15) is 27.3 Å². The average Bonchev–Trinajstić information content (AvgIpc) is 3.50. The molecule has 0 aliphatic carbocycles. The molecule has 0 amide bonds. The van der Waals surface area contributed by atoms with Crippen LogP contribution in [-0.4, -0.2) is 39.1 Å². The molecule has 5 aromatic rings. The van der Waals surface area contributed by atoms with E-state index < -0.39 is 5.54 Å². The monoisotopic (exact) mass is 430 g/mol. The third kappa shape index (κ3) is 4.19. The summed E-state index contributed by atoms with van der Waals surface area (Å²) >= 11 is 1.77. The summed E-state index contributed by atoms with van der Waals surface area (Å²) in [5.41, 5.74) is 4.21. The van der Waals surface area contributed by atoms with Crippen LogP contribution in [0.2, 0.25) is 0 Å². The largest absolute Gasteiger partial charge is 0.319 e. The van der Waals surface area contributed by atoms with E-state index in [0.717, 1.165) is 12.1 Å². The standard InChI is InChI=1S/C27H22N2S.Na.H/c1-4-11-22(12-5-1)27(23-13-6-2-7-14-23,24-15-8-3-9-16-24)29-20-25(28-21-29)19-26-17-10-18-30-26;;/h1-18,20-21H,19H2;;. The summed E-state index contributed by atoms with van der Waals surface area (Å²) < 4.78 is 2.27. The first-order valence-electron chi connectivity index (χ1n) is 10.1. The Bertz CT molecular complexity index is 1100. The predicted octanol–water partition coefficient (Wildman–Crippen LogP) is 5.73. The number of hydrogen-bond acceptors (Lipinski definition) is 2. The van der Waals surface area contributed by atoms with Crippen molar-refractivity contribution in [1.29, 1.82) is 0 Å². The molecular formula is C27H23N2NaS. The maximum atomic E-state index is 4.80. The van der Waals surface area contributed by atoms with Gasteiger partial charge < -0.3 is 4.57 Å². The van der Waals surface area contributed by atoms with Crippen molar-refractivity contribution < 1.29 is 0 Å². The molecule has 31 heavy (non-hydrogen) atoms. The van der Waals surface area contributed by atoms with Gasteiger partial charge >= 0.3 is 29.6 Å². The molecule has 2 heterocycles. The van der Waals surface area contributed by atoms with E-state index in [1.54, 1.807) is 11.3 Å². The second-order valence-electron chi connectivity index (χ2n) is 7.34. The Kier molecular flexibility index (Phi) is 6.89. The Morgan fingerprint density at radius 3 is 1.65 bits per heavy atom. The first-order valence-corrected chi connectivity index (χ1v) is 11.0. The number of aromatic nitrogens is 2. The molecule has 0 atom stereocenters. The normalized spacial score (nSPS) is 11.1. The fourth-order valence-electron chi connectivity index (χ4n) is 4.22. The summed E-state index contributed by atoms with van der Waals surface area (Å²) in [6.45, 7) is 0. The molecule has 0 bridgehead atoms. The Labute approximate surface area is 209 Å². The first kappa shape index (κ1) is 21.8. The third-order valence-electron chi connectivity index (χ3n) is 5.53. The van der Waals surface area contributed by atoms with E-state index in [4.69, 9.17) is 4.98 Å². The van der Waals surface area contributed by atoms with E-state index in [1.807, 2.05) is 6.33 Å². The van der Waals surface area contributed by atoms with Gasteiger partial charge in [-0.15, -0.1) is 11.3 Å². The average molecular weight is 431 g/mol. The summed E-state index contributed by atoms with van der Waals surface area (Å²) in [5.74, 6) is 0. The Morgan fingerprint density at radius 1 is 0.677 bits per heavy atom. The molecule has 0 fully saturated rings. The molecule has 3 aromatic carbocycles. The van der Waals surface area contributed by atoms with E-state index in [2.05, 4.69) is 119 Å². The third-order valence-corrected chi connectivity index (χ3v) is 6.41. The van der Waals surface area contributed by atoms with Gasteiger partial charge in [0.15, 0.2) is 0 Å². The van der Waals surface area contributed by atoms with Crippen LogP contribution < -0.4 is 0 Å². The Hall–Kier alpha value is -2.43. The van der Waals surface area contributed by atoms with Crippen molar-refractivity contribution in [2.24, 2.45) is 0 Å². The molecular weight excluding hydrogens is 407 g/mol. The number of nitrogens with zero attached hydrogens (tertiary/aromatic N) is 2. The first-order chi connectivity index (χ1) is 14.9. The van der Waals surface area contributed by atoms with Gasteiger partial charge in [-0.2, -0.15) is 0 Å². The molecule has 0 saturated heterocycles. The van der Waals surface area contributed by atoms with Gasteiger partial charge in [0.25, 0.3) is 0 Å². The number of hydrogen-bond donors (Lipinski definition) is 0. The molecule has 0 saturated carbocycles. The van der Waals surface area contributed by atoms with E-state index in [9.17, 15) is 0 Å². The Balaban J connectivity index is 0.00000231. The molecule has 4 heteroatoms. The fraction of sp³-hybridized carbons (Fsp3) is 0.0741. The second kappa shape index (κ2) is 9.80. The summed E-state index contributed by atoms with van der Waals surface area (Å²) in [4.78, 5) is 6.13. The van der Waals surface area contributed by atoms with Gasteiger partial charge in [-0.05, 0) is 28.1 Å². The summed E-state index contributed by atoms with van der Waals surface area (Å²) in [7, 11) is 0. The van der Waals surface area contributed by atoms with Crippen molar-refractivity contribution in [2.45, 2.75) is 12.0 Å². The van der Waals surface area contributed by atoms with Crippen LogP contribution >= 0.6 is 11.3 Å². The van der Waals surface area contributed by atoms with Crippen molar-refractivity contribution in [2.75, 3.05) is 0 Å². The second-order valence-corrected chi connectivity index (χ2v) is 8.37. The molecule has 0 spiro atoms. The van der Waals surface area contributed by atoms with Crippen LogP contribution in [0.3, 0.4) is 0 Å². The molecule has 0 aliphatic heterocycles. The van der Waals surface area contributed by atoms with Crippen LogP contribution in [0.4, 0.5) is 0 Å². The minimum Gasteiger partial charge on any atom is -0.319 e. The van der Waals surface area contributed by atoms with Crippen LogP contribution in [0.5, 0.6) is 0 Å². The van der Waals surface area contributed by atoms with Crippen molar-refractivity contribution in [1.82, 2.24) is 9.55 Å². The van der Waals surface area contributed by atoms with Gasteiger partial charge in [0.05, 0.1) is 12.0 Å². The maximum Gasteiger partial charge on any atom is 0.121 e. The molecule has 148 valence electrons. The molecule has 0 radical (unpaired) electrons. The van der Waals surface area contributed by atoms with E-state index in [1.165, 1.54) is 21.6 Å². The fourth-order valence-corrected chi connectivity index (χ4v) is 4.94. The maximum absolute atomic E-state index is 4.80. The zero-order valence-electron chi connectivity index (χ0n) is 16.6. The van der Waals surface area contributed by atoms with E-state index in [0.29, 0.717) is 0 Å². The van der Waals surface area contributed by atoms with Gasteiger partial charge in [0, 0.05) is 17.5 Å². The van der Waals surface area contributed by atoms with Gasteiger partial charge in [0.1, 0.15) is 5.54 Å². The van der Waals surface area contributed by atoms with Crippen LogP contribution in [0, 0.1) is 0 Å². The van der Waals surface area contributed by atoms with Crippen LogP contribution in [0.25, 0.3) is 0 Å². The number of imidazole rings is 1. The molecule has 0 N–H and O–H groups in total. The quantitative estimate of drug-likeness (QED) is 0.249. The van der Waals surface area contributed by atoms with E-state index >= 15 is 0 Å². The minimum atomic E-state index is -0.496. The van der Waals surface area contributed by atoms with Gasteiger partial charge in [-0.1, -0.05) is 97.1 Å².